The Bertz CT molecular complexity index is 873. The predicted octanol–water partition coefficient (Wildman–Crippen LogP) is 2.15. The lowest BCUT2D eigenvalue weighted by Gasteiger charge is -2.13. The Labute approximate surface area is 145 Å². The van der Waals surface area contributed by atoms with E-state index in [1.807, 2.05) is 0 Å². The first-order valence-electron chi connectivity index (χ1n) is 7.50. The molecule has 1 aromatic carbocycles. The van der Waals surface area contributed by atoms with Gasteiger partial charge in [0.25, 0.3) is 0 Å². The van der Waals surface area contributed by atoms with E-state index in [1.165, 1.54) is 11.5 Å². The molecule has 7 nitrogen and oxygen atoms in total. The average Bonchev–Trinajstić information content (AvgIpc) is 3.30. The number of sulfone groups is 1. The van der Waals surface area contributed by atoms with Gasteiger partial charge in [0.15, 0.2) is 0 Å². The standard InChI is InChI=1S/C15H17ClN4O3S/c1-9(14(21)17-12-7-5-11(16)6-8-12)24(22,23)15-19-18-13(20(15)2)10-3-4-10/h5-10H,3-4H2,1-2H3,(H,17,21)/t9-/m1/s1. The molecule has 0 spiro atoms. The van der Waals surface area contributed by atoms with E-state index in [4.69, 9.17) is 11.6 Å². The fourth-order valence-corrected chi connectivity index (χ4v) is 3.76. The van der Waals surface area contributed by atoms with Gasteiger partial charge in [0.2, 0.25) is 20.9 Å². The Balaban J connectivity index is 1.80. The Morgan fingerprint density at radius 1 is 1.29 bits per heavy atom. The number of benzene rings is 1. The fraction of sp³-hybridized carbons (Fsp3) is 0.400. The van der Waals surface area contributed by atoms with Gasteiger partial charge in [-0.2, -0.15) is 0 Å². The van der Waals surface area contributed by atoms with Crippen LogP contribution in [0.2, 0.25) is 5.02 Å². The zero-order chi connectivity index (χ0) is 17.5. The van der Waals surface area contributed by atoms with Crippen LogP contribution in [-0.4, -0.2) is 34.3 Å². The molecule has 24 heavy (non-hydrogen) atoms. The first kappa shape index (κ1) is 16.9. The molecule has 1 heterocycles. The summed E-state index contributed by atoms with van der Waals surface area (Å²) in [5.74, 6) is 0.289. The van der Waals surface area contributed by atoms with Gasteiger partial charge in [0.05, 0.1) is 0 Å². The molecule has 0 unspecified atom stereocenters. The van der Waals surface area contributed by atoms with E-state index in [0.717, 1.165) is 12.8 Å². The van der Waals surface area contributed by atoms with Crippen LogP contribution in [0.1, 0.15) is 31.5 Å². The molecular weight excluding hydrogens is 352 g/mol. The van der Waals surface area contributed by atoms with Gasteiger partial charge >= 0.3 is 0 Å². The van der Waals surface area contributed by atoms with Gasteiger partial charge in [-0.3, -0.25) is 4.79 Å². The van der Waals surface area contributed by atoms with Crippen LogP contribution >= 0.6 is 11.6 Å². The van der Waals surface area contributed by atoms with Gasteiger partial charge in [0.1, 0.15) is 11.1 Å². The second kappa shape index (κ2) is 6.18. The molecule has 1 saturated carbocycles. The van der Waals surface area contributed by atoms with E-state index in [9.17, 15) is 13.2 Å². The summed E-state index contributed by atoms with van der Waals surface area (Å²) in [4.78, 5) is 12.3. The van der Waals surface area contributed by atoms with Crippen molar-refractivity contribution in [2.24, 2.45) is 7.05 Å². The largest absolute Gasteiger partial charge is 0.325 e. The summed E-state index contributed by atoms with van der Waals surface area (Å²) in [7, 11) is -2.32. The number of aromatic nitrogens is 3. The number of amides is 1. The number of anilines is 1. The third kappa shape index (κ3) is 3.16. The van der Waals surface area contributed by atoms with Crippen LogP contribution in [0.4, 0.5) is 5.69 Å². The van der Waals surface area contributed by atoms with E-state index in [1.54, 1.807) is 31.3 Å². The number of nitrogens with zero attached hydrogens (tertiary/aromatic N) is 3. The molecule has 1 aromatic heterocycles. The minimum atomic E-state index is -3.93. The third-order valence-electron chi connectivity index (χ3n) is 4.01. The Morgan fingerprint density at radius 3 is 2.50 bits per heavy atom. The van der Waals surface area contributed by atoms with Crippen molar-refractivity contribution in [1.29, 1.82) is 0 Å². The maximum atomic E-state index is 12.7. The Morgan fingerprint density at radius 2 is 1.92 bits per heavy atom. The van der Waals surface area contributed by atoms with Gasteiger partial charge in [-0.1, -0.05) is 11.6 Å². The number of rotatable bonds is 5. The maximum Gasteiger partial charge on any atom is 0.250 e. The zero-order valence-corrected chi connectivity index (χ0v) is 14.8. The highest BCUT2D eigenvalue weighted by molar-refractivity contribution is 7.92. The number of nitrogens with one attached hydrogen (secondary N) is 1. The molecule has 1 aliphatic carbocycles. The van der Waals surface area contributed by atoms with E-state index >= 15 is 0 Å². The first-order chi connectivity index (χ1) is 11.3. The van der Waals surface area contributed by atoms with Crippen molar-refractivity contribution in [3.63, 3.8) is 0 Å². The highest BCUT2D eigenvalue weighted by Gasteiger charge is 2.37. The molecule has 1 atom stereocenters. The van der Waals surface area contributed by atoms with Gasteiger partial charge in [-0.15, -0.1) is 10.2 Å². The van der Waals surface area contributed by atoms with E-state index < -0.39 is 21.0 Å². The topological polar surface area (TPSA) is 93.9 Å². The molecule has 1 aliphatic rings. The molecule has 9 heteroatoms. The van der Waals surface area contributed by atoms with Crippen molar-refractivity contribution in [1.82, 2.24) is 14.8 Å². The number of carbonyl (C=O) groups excluding carboxylic acids is 1. The van der Waals surface area contributed by atoms with Gasteiger partial charge in [-0.25, -0.2) is 8.42 Å². The molecule has 0 bridgehead atoms. The summed E-state index contributed by atoms with van der Waals surface area (Å²) in [5, 5.41) is 9.40. The molecule has 3 rings (SSSR count). The van der Waals surface area contributed by atoms with Crippen LogP contribution in [0.3, 0.4) is 0 Å². The predicted molar refractivity (Wildman–Crippen MR) is 89.7 cm³/mol. The van der Waals surface area contributed by atoms with Gasteiger partial charge in [0, 0.05) is 23.7 Å². The van der Waals surface area contributed by atoms with Crippen molar-refractivity contribution in [3.05, 3.63) is 35.1 Å². The van der Waals surface area contributed by atoms with E-state index in [-0.39, 0.29) is 11.1 Å². The number of hydrogen-bond donors (Lipinski definition) is 1. The van der Waals surface area contributed by atoms with Crippen molar-refractivity contribution in [2.75, 3.05) is 5.32 Å². The number of halogens is 1. The lowest BCUT2D eigenvalue weighted by Crippen LogP contribution is -2.34. The normalized spacial score (nSPS) is 16.0. The Hall–Kier alpha value is -1.93. The maximum absolute atomic E-state index is 12.7. The summed E-state index contributed by atoms with van der Waals surface area (Å²) in [6.45, 7) is 1.34. The fourth-order valence-electron chi connectivity index (χ4n) is 2.35. The minimum Gasteiger partial charge on any atom is -0.325 e. The van der Waals surface area contributed by atoms with Gasteiger partial charge < -0.3 is 9.88 Å². The summed E-state index contributed by atoms with van der Waals surface area (Å²) in [6.07, 6.45) is 1.97. The van der Waals surface area contributed by atoms with Crippen molar-refractivity contribution in [2.45, 2.75) is 36.1 Å². The molecule has 1 fully saturated rings. The minimum absolute atomic E-state index is 0.178. The zero-order valence-electron chi connectivity index (χ0n) is 13.2. The summed E-state index contributed by atoms with van der Waals surface area (Å²) in [6, 6.07) is 6.43. The molecule has 0 radical (unpaired) electrons. The first-order valence-corrected chi connectivity index (χ1v) is 9.42. The van der Waals surface area contributed by atoms with Crippen LogP contribution in [-0.2, 0) is 21.7 Å². The molecule has 1 N–H and O–H groups in total. The summed E-state index contributed by atoms with van der Waals surface area (Å²) >= 11 is 5.79. The van der Waals surface area contributed by atoms with E-state index in [0.29, 0.717) is 16.5 Å². The molecule has 0 saturated heterocycles. The lowest BCUT2D eigenvalue weighted by atomic mass is 10.3. The summed E-state index contributed by atoms with van der Waals surface area (Å²) in [5.41, 5.74) is 0.475. The highest BCUT2D eigenvalue weighted by atomic mass is 35.5. The molecular formula is C15H17ClN4O3S. The average molecular weight is 369 g/mol. The molecule has 128 valence electrons. The molecule has 0 aliphatic heterocycles. The van der Waals surface area contributed by atoms with Crippen LogP contribution in [0.25, 0.3) is 0 Å². The van der Waals surface area contributed by atoms with Crippen molar-refractivity contribution in [3.8, 4) is 0 Å². The lowest BCUT2D eigenvalue weighted by molar-refractivity contribution is -0.115. The molecule has 1 amide bonds. The number of hydrogen-bond acceptors (Lipinski definition) is 5. The van der Waals surface area contributed by atoms with Crippen LogP contribution in [0.5, 0.6) is 0 Å². The smallest absolute Gasteiger partial charge is 0.250 e. The Kier molecular flexibility index (Phi) is 4.35. The van der Waals surface area contributed by atoms with E-state index in [2.05, 4.69) is 15.5 Å². The third-order valence-corrected chi connectivity index (χ3v) is 6.27. The summed E-state index contributed by atoms with van der Waals surface area (Å²) < 4.78 is 26.9. The van der Waals surface area contributed by atoms with Crippen molar-refractivity contribution >= 4 is 33.0 Å². The second-order valence-electron chi connectivity index (χ2n) is 5.86. The van der Waals surface area contributed by atoms with Gasteiger partial charge in [-0.05, 0) is 44.0 Å². The van der Waals surface area contributed by atoms with Crippen LogP contribution in [0.15, 0.2) is 29.4 Å². The van der Waals surface area contributed by atoms with Crippen molar-refractivity contribution < 1.29 is 13.2 Å². The van der Waals surface area contributed by atoms with Crippen LogP contribution < -0.4 is 5.32 Å². The second-order valence-corrected chi connectivity index (χ2v) is 8.46. The quantitative estimate of drug-likeness (QED) is 0.872. The highest BCUT2D eigenvalue weighted by Crippen LogP contribution is 2.39. The monoisotopic (exact) mass is 368 g/mol. The number of carbonyl (C=O) groups is 1. The van der Waals surface area contributed by atoms with Crippen LogP contribution in [0, 0.1) is 0 Å². The molecule has 2 aromatic rings. The SMILES string of the molecule is C[C@H](C(=O)Nc1ccc(Cl)cc1)S(=O)(=O)c1nnc(C2CC2)n1C.